The lowest BCUT2D eigenvalue weighted by atomic mass is 9.85. The number of nitrogens with zero attached hydrogens (tertiary/aromatic N) is 1. The Kier molecular flexibility index (Phi) is 3.82. The maximum absolute atomic E-state index is 11.3. The van der Waals surface area contributed by atoms with Crippen molar-refractivity contribution in [3.05, 3.63) is 16.6 Å². The normalized spacial score (nSPS) is 13.6. The summed E-state index contributed by atoms with van der Waals surface area (Å²) in [6.45, 7) is 3.81. The predicted octanol–water partition coefficient (Wildman–Crippen LogP) is 1.53. The molecule has 1 aromatic heterocycles. The summed E-state index contributed by atoms with van der Waals surface area (Å²) in [4.78, 5) is 16.3. The largest absolute Gasteiger partial charge is 0.469 e. The van der Waals surface area contributed by atoms with Gasteiger partial charge in [0.15, 0.2) is 0 Å². The van der Waals surface area contributed by atoms with Crippen molar-refractivity contribution < 1.29 is 9.53 Å². The molecule has 5 heteroatoms. The van der Waals surface area contributed by atoms with Crippen LogP contribution in [0.3, 0.4) is 0 Å². The van der Waals surface area contributed by atoms with Crippen LogP contribution in [0.5, 0.6) is 0 Å². The third-order valence-electron chi connectivity index (χ3n) is 2.29. The van der Waals surface area contributed by atoms with Crippen LogP contribution < -0.4 is 5.73 Å². The molecule has 1 unspecified atom stereocenters. The summed E-state index contributed by atoms with van der Waals surface area (Å²) in [5.74, 6) is -0.288. The summed E-state index contributed by atoms with van der Waals surface area (Å²) in [5.41, 5.74) is 7.33. The molecule has 2 N–H and O–H groups in total. The molecule has 15 heavy (non-hydrogen) atoms. The minimum absolute atomic E-state index is 0.0440. The van der Waals surface area contributed by atoms with Crippen molar-refractivity contribution in [2.45, 2.75) is 31.7 Å². The van der Waals surface area contributed by atoms with Crippen molar-refractivity contribution in [3.63, 3.8) is 0 Å². The van der Waals surface area contributed by atoms with Gasteiger partial charge in [0.05, 0.1) is 19.0 Å². The minimum atomic E-state index is -0.458. The van der Waals surface area contributed by atoms with Crippen molar-refractivity contribution in [2.24, 2.45) is 5.73 Å². The van der Waals surface area contributed by atoms with Gasteiger partial charge in [-0.15, -0.1) is 11.3 Å². The van der Waals surface area contributed by atoms with Gasteiger partial charge in [-0.25, -0.2) is 0 Å². The van der Waals surface area contributed by atoms with Crippen LogP contribution >= 0.6 is 11.3 Å². The SMILES string of the molecule is COC(=O)CC(c1cncs1)C(C)(C)N. The average molecular weight is 228 g/mol. The summed E-state index contributed by atoms with van der Waals surface area (Å²) in [6.07, 6.45) is 2.05. The van der Waals surface area contributed by atoms with Gasteiger partial charge in [-0.05, 0) is 13.8 Å². The number of ether oxygens (including phenoxy) is 1. The number of methoxy groups -OCH3 is 1. The van der Waals surface area contributed by atoms with Crippen LogP contribution in [0.4, 0.5) is 0 Å². The monoisotopic (exact) mass is 228 g/mol. The molecule has 0 aliphatic rings. The molecule has 0 amide bonds. The van der Waals surface area contributed by atoms with E-state index < -0.39 is 5.54 Å². The molecule has 1 aromatic rings. The predicted molar refractivity (Wildman–Crippen MR) is 59.8 cm³/mol. The molecule has 1 atom stereocenters. The fraction of sp³-hybridized carbons (Fsp3) is 0.600. The van der Waals surface area contributed by atoms with E-state index in [0.717, 1.165) is 4.88 Å². The molecule has 0 fully saturated rings. The molecule has 0 spiro atoms. The Morgan fingerprint density at radius 3 is 2.80 bits per heavy atom. The number of carbonyl (C=O) groups is 1. The first-order valence-electron chi connectivity index (χ1n) is 4.69. The van der Waals surface area contributed by atoms with Crippen molar-refractivity contribution in [2.75, 3.05) is 7.11 Å². The lowest BCUT2D eigenvalue weighted by Crippen LogP contribution is -2.40. The van der Waals surface area contributed by atoms with E-state index in [1.54, 1.807) is 11.7 Å². The van der Waals surface area contributed by atoms with Crippen LogP contribution in [0, 0.1) is 0 Å². The maximum atomic E-state index is 11.3. The molecular formula is C10H16N2O2S. The maximum Gasteiger partial charge on any atom is 0.306 e. The highest BCUT2D eigenvalue weighted by atomic mass is 32.1. The first-order chi connectivity index (χ1) is 6.95. The van der Waals surface area contributed by atoms with E-state index >= 15 is 0 Å². The van der Waals surface area contributed by atoms with Gasteiger partial charge in [-0.3, -0.25) is 9.78 Å². The van der Waals surface area contributed by atoms with E-state index in [0.29, 0.717) is 6.42 Å². The molecule has 0 bridgehead atoms. The average Bonchev–Trinajstić information content (AvgIpc) is 2.64. The molecule has 1 rings (SSSR count). The van der Waals surface area contributed by atoms with Crippen molar-refractivity contribution in [1.82, 2.24) is 4.98 Å². The highest BCUT2D eigenvalue weighted by molar-refractivity contribution is 7.09. The van der Waals surface area contributed by atoms with Gasteiger partial charge in [0.25, 0.3) is 0 Å². The van der Waals surface area contributed by atoms with Crippen LogP contribution in [0.2, 0.25) is 0 Å². The summed E-state index contributed by atoms with van der Waals surface area (Å²) in [5, 5.41) is 0. The fourth-order valence-electron chi connectivity index (χ4n) is 1.38. The second-order valence-electron chi connectivity index (χ2n) is 4.06. The molecule has 0 saturated carbocycles. The van der Waals surface area contributed by atoms with Gasteiger partial charge < -0.3 is 10.5 Å². The molecule has 0 aromatic carbocycles. The van der Waals surface area contributed by atoms with E-state index in [9.17, 15) is 4.79 Å². The Morgan fingerprint density at radius 1 is 1.73 bits per heavy atom. The number of nitrogens with two attached hydrogens (primary N) is 1. The number of esters is 1. The molecule has 0 saturated heterocycles. The zero-order valence-corrected chi connectivity index (χ0v) is 10.0. The van der Waals surface area contributed by atoms with Gasteiger partial charge >= 0.3 is 5.97 Å². The highest BCUT2D eigenvalue weighted by Gasteiger charge is 2.30. The Labute approximate surface area is 93.5 Å². The van der Waals surface area contributed by atoms with Gasteiger partial charge in [0.1, 0.15) is 0 Å². The fourth-order valence-corrected chi connectivity index (χ4v) is 2.29. The van der Waals surface area contributed by atoms with E-state index in [1.807, 2.05) is 13.8 Å². The van der Waals surface area contributed by atoms with Crippen LogP contribution in [-0.4, -0.2) is 23.6 Å². The summed E-state index contributed by atoms with van der Waals surface area (Å²) in [6, 6.07) is 0. The lowest BCUT2D eigenvalue weighted by molar-refractivity contribution is -0.141. The first kappa shape index (κ1) is 12.1. The summed E-state index contributed by atoms with van der Waals surface area (Å²) in [7, 11) is 1.38. The van der Waals surface area contributed by atoms with Gasteiger partial charge in [0, 0.05) is 22.5 Å². The zero-order chi connectivity index (χ0) is 11.5. The number of carbonyl (C=O) groups excluding carboxylic acids is 1. The van der Waals surface area contributed by atoms with E-state index in [2.05, 4.69) is 9.72 Å². The molecule has 0 aliphatic carbocycles. The summed E-state index contributed by atoms with van der Waals surface area (Å²) >= 11 is 1.51. The molecule has 4 nitrogen and oxygen atoms in total. The number of hydrogen-bond donors (Lipinski definition) is 1. The number of rotatable bonds is 4. The van der Waals surface area contributed by atoms with E-state index in [4.69, 9.17) is 5.73 Å². The van der Waals surface area contributed by atoms with Crippen molar-refractivity contribution in [1.29, 1.82) is 0 Å². The van der Waals surface area contributed by atoms with Gasteiger partial charge in [-0.2, -0.15) is 0 Å². The van der Waals surface area contributed by atoms with Crippen molar-refractivity contribution >= 4 is 17.3 Å². The molecular weight excluding hydrogens is 212 g/mol. The van der Waals surface area contributed by atoms with Gasteiger partial charge in [0.2, 0.25) is 0 Å². The van der Waals surface area contributed by atoms with Crippen LogP contribution in [0.15, 0.2) is 11.7 Å². The number of hydrogen-bond acceptors (Lipinski definition) is 5. The van der Waals surface area contributed by atoms with Gasteiger partial charge in [-0.1, -0.05) is 0 Å². The Balaban J connectivity index is 2.85. The zero-order valence-electron chi connectivity index (χ0n) is 9.19. The second kappa shape index (κ2) is 4.72. The minimum Gasteiger partial charge on any atom is -0.469 e. The molecule has 1 heterocycles. The number of thiazole rings is 1. The molecule has 0 aliphatic heterocycles. The smallest absolute Gasteiger partial charge is 0.306 e. The Morgan fingerprint density at radius 2 is 2.40 bits per heavy atom. The van der Waals surface area contributed by atoms with Crippen LogP contribution in [-0.2, 0) is 9.53 Å². The highest BCUT2D eigenvalue weighted by Crippen LogP contribution is 2.32. The van der Waals surface area contributed by atoms with E-state index in [-0.39, 0.29) is 11.9 Å². The first-order valence-corrected chi connectivity index (χ1v) is 5.57. The third kappa shape index (κ3) is 3.28. The topological polar surface area (TPSA) is 65.2 Å². The standard InChI is InChI=1S/C10H16N2O2S/c1-10(2,11)7(4-9(13)14-3)8-5-12-6-15-8/h5-7H,4,11H2,1-3H3. The quantitative estimate of drug-likeness (QED) is 0.794. The number of aromatic nitrogens is 1. The Hall–Kier alpha value is -0.940. The van der Waals surface area contributed by atoms with E-state index in [1.165, 1.54) is 18.4 Å². The van der Waals surface area contributed by atoms with Crippen LogP contribution in [0.25, 0.3) is 0 Å². The third-order valence-corrected chi connectivity index (χ3v) is 3.18. The second-order valence-corrected chi connectivity index (χ2v) is 4.98. The molecule has 84 valence electrons. The lowest BCUT2D eigenvalue weighted by Gasteiger charge is -2.28. The Bertz CT molecular complexity index is 317. The summed E-state index contributed by atoms with van der Waals surface area (Å²) < 4.78 is 4.66. The van der Waals surface area contributed by atoms with Crippen molar-refractivity contribution in [3.8, 4) is 0 Å². The molecule has 0 radical (unpaired) electrons. The van der Waals surface area contributed by atoms with Crippen LogP contribution in [0.1, 0.15) is 31.1 Å².